The number of allylic oxidation sites excluding steroid dienone is 2. The van der Waals surface area contributed by atoms with Crippen LogP contribution >= 0.6 is 0 Å². The summed E-state index contributed by atoms with van der Waals surface area (Å²) in [5.74, 6) is 0.796. The fraction of sp³-hybridized carbons (Fsp3) is 0.643. The molecule has 0 spiro atoms. The van der Waals surface area contributed by atoms with Crippen molar-refractivity contribution in [3.05, 3.63) is 24.3 Å². The maximum absolute atomic E-state index is 5.82. The van der Waals surface area contributed by atoms with Crippen LogP contribution in [-0.4, -0.2) is 18.0 Å². The van der Waals surface area contributed by atoms with Gasteiger partial charge in [0.15, 0.2) is 0 Å². The second kappa shape index (κ2) is 7.26. The molecule has 90 valence electrons. The predicted molar refractivity (Wildman–Crippen MR) is 69.9 cm³/mol. The molecule has 0 heterocycles. The fourth-order valence-electron chi connectivity index (χ4n) is 1.52. The summed E-state index contributed by atoms with van der Waals surface area (Å²) in [6.07, 6.45) is 13.2. The van der Waals surface area contributed by atoms with E-state index in [1.54, 1.807) is 0 Å². The second-order valence-electron chi connectivity index (χ2n) is 4.29. The smallest absolute Gasteiger partial charge is 0.208 e. The van der Waals surface area contributed by atoms with Crippen LogP contribution < -0.4 is 0 Å². The number of nitrogens with zero attached hydrogens (tertiary/aromatic N) is 1. The lowest BCUT2D eigenvalue weighted by atomic mass is 9.96. The Labute approximate surface area is 99.1 Å². The summed E-state index contributed by atoms with van der Waals surface area (Å²) in [6.45, 7) is 6.15. The van der Waals surface area contributed by atoms with E-state index in [1.807, 2.05) is 26.0 Å². The predicted octanol–water partition coefficient (Wildman–Crippen LogP) is 3.88. The van der Waals surface area contributed by atoms with Gasteiger partial charge < -0.3 is 4.74 Å². The minimum Gasteiger partial charge on any atom is -0.475 e. The summed E-state index contributed by atoms with van der Waals surface area (Å²) in [7, 11) is 0. The van der Waals surface area contributed by atoms with Gasteiger partial charge in [-0.1, -0.05) is 18.2 Å². The van der Waals surface area contributed by atoms with Crippen molar-refractivity contribution in [1.29, 1.82) is 0 Å². The molecule has 1 unspecified atom stereocenters. The average Bonchev–Trinajstić information content (AvgIpc) is 2.20. The van der Waals surface area contributed by atoms with Gasteiger partial charge in [-0.15, -0.1) is 0 Å². The van der Waals surface area contributed by atoms with E-state index in [2.05, 4.69) is 24.1 Å². The lowest BCUT2D eigenvalue weighted by Crippen LogP contribution is -2.25. The van der Waals surface area contributed by atoms with Crippen LogP contribution in [0.1, 0.15) is 46.5 Å². The summed E-state index contributed by atoms with van der Waals surface area (Å²) in [6, 6.07) is 0.294. The Morgan fingerprint density at radius 1 is 1.38 bits per heavy atom. The van der Waals surface area contributed by atoms with Crippen LogP contribution in [0.5, 0.6) is 0 Å². The van der Waals surface area contributed by atoms with Crippen LogP contribution in [0.2, 0.25) is 0 Å². The summed E-state index contributed by atoms with van der Waals surface area (Å²) < 4.78 is 5.82. The SMILES string of the molecule is C/C=C\CC(C)N=C(/C=C\C)OC1CCC1. The first-order valence-corrected chi connectivity index (χ1v) is 6.24. The molecule has 0 N–H and O–H groups in total. The van der Waals surface area contributed by atoms with Crippen molar-refractivity contribution in [1.82, 2.24) is 0 Å². The molecule has 16 heavy (non-hydrogen) atoms. The van der Waals surface area contributed by atoms with Gasteiger partial charge in [-0.05, 0) is 52.5 Å². The van der Waals surface area contributed by atoms with E-state index in [-0.39, 0.29) is 0 Å². The molecule has 1 saturated carbocycles. The van der Waals surface area contributed by atoms with Crippen molar-refractivity contribution >= 4 is 5.90 Å². The number of hydrogen-bond acceptors (Lipinski definition) is 2. The van der Waals surface area contributed by atoms with Gasteiger partial charge >= 0.3 is 0 Å². The topological polar surface area (TPSA) is 21.6 Å². The molecular formula is C14H23NO. The Morgan fingerprint density at radius 2 is 2.12 bits per heavy atom. The van der Waals surface area contributed by atoms with Crippen LogP contribution in [-0.2, 0) is 4.74 Å². The van der Waals surface area contributed by atoms with E-state index in [1.165, 1.54) is 19.3 Å². The molecule has 1 aliphatic carbocycles. The van der Waals surface area contributed by atoms with E-state index in [4.69, 9.17) is 4.74 Å². The van der Waals surface area contributed by atoms with Gasteiger partial charge in [0.05, 0.1) is 6.04 Å². The minimum absolute atomic E-state index is 0.294. The minimum atomic E-state index is 0.294. The van der Waals surface area contributed by atoms with Crippen molar-refractivity contribution in [2.24, 2.45) is 4.99 Å². The van der Waals surface area contributed by atoms with Gasteiger partial charge in [-0.2, -0.15) is 0 Å². The molecule has 0 aromatic carbocycles. The Kier molecular flexibility index (Phi) is 5.91. The molecule has 0 saturated heterocycles. The number of ether oxygens (including phenoxy) is 1. The van der Waals surface area contributed by atoms with Crippen molar-refractivity contribution in [3.8, 4) is 0 Å². The Morgan fingerprint density at radius 3 is 2.62 bits per heavy atom. The zero-order valence-corrected chi connectivity index (χ0v) is 10.6. The average molecular weight is 221 g/mol. The molecule has 0 radical (unpaired) electrons. The quantitative estimate of drug-likeness (QED) is 0.392. The largest absolute Gasteiger partial charge is 0.475 e. The lowest BCUT2D eigenvalue weighted by Gasteiger charge is -2.26. The Balaban J connectivity index is 2.48. The van der Waals surface area contributed by atoms with E-state index in [9.17, 15) is 0 Å². The highest BCUT2D eigenvalue weighted by atomic mass is 16.5. The van der Waals surface area contributed by atoms with Crippen molar-refractivity contribution < 1.29 is 4.74 Å². The monoisotopic (exact) mass is 221 g/mol. The Hall–Kier alpha value is -1.05. The second-order valence-corrected chi connectivity index (χ2v) is 4.29. The lowest BCUT2D eigenvalue weighted by molar-refractivity contribution is 0.109. The van der Waals surface area contributed by atoms with E-state index >= 15 is 0 Å². The summed E-state index contributed by atoms with van der Waals surface area (Å²) in [4.78, 5) is 4.58. The molecule has 1 atom stereocenters. The zero-order chi connectivity index (χ0) is 11.8. The summed E-state index contributed by atoms with van der Waals surface area (Å²) in [5, 5.41) is 0. The van der Waals surface area contributed by atoms with E-state index < -0.39 is 0 Å². The van der Waals surface area contributed by atoms with Gasteiger partial charge in [0.1, 0.15) is 6.10 Å². The third-order valence-electron chi connectivity index (χ3n) is 2.71. The molecule has 2 heteroatoms. The number of rotatable bonds is 5. The first-order valence-electron chi connectivity index (χ1n) is 6.24. The van der Waals surface area contributed by atoms with Gasteiger partial charge in [-0.25, -0.2) is 4.99 Å². The van der Waals surface area contributed by atoms with Gasteiger partial charge in [0, 0.05) is 0 Å². The molecular weight excluding hydrogens is 198 g/mol. The Bertz CT molecular complexity index is 274. The maximum Gasteiger partial charge on any atom is 0.208 e. The number of aliphatic imine (C=N–C) groups is 1. The molecule has 0 aromatic heterocycles. The van der Waals surface area contributed by atoms with Crippen LogP contribution in [0, 0.1) is 0 Å². The molecule has 0 aliphatic heterocycles. The molecule has 1 rings (SSSR count). The first-order chi connectivity index (χ1) is 7.76. The van der Waals surface area contributed by atoms with Crippen molar-refractivity contribution in [2.75, 3.05) is 0 Å². The molecule has 0 amide bonds. The normalized spacial score (nSPS) is 20.3. The highest BCUT2D eigenvalue weighted by molar-refractivity contribution is 5.87. The van der Waals surface area contributed by atoms with E-state index in [0.29, 0.717) is 12.1 Å². The standard InChI is InChI=1S/C14H23NO/c1-4-6-9-12(3)15-14(8-5-2)16-13-10-7-11-13/h4-6,8,12-13H,7,9-11H2,1-3H3/b6-4-,8-5-,15-14?. The van der Waals surface area contributed by atoms with Crippen molar-refractivity contribution in [3.63, 3.8) is 0 Å². The molecule has 0 bridgehead atoms. The third kappa shape index (κ3) is 4.65. The highest BCUT2D eigenvalue weighted by Crippen LogP contribution is 2.22. The van der Waals surface area contributed by atoms with Crippen LogP contribution in [0.15, 0.2) is 29.3 Å². The van der Waals surface area contributed by atoms with E-state index in [0.717, 1.165) is 12.3 Å². The van der Waals surface area contributed by atoms with Crippen LogP contribution in [0.25, 0.3) is 0 Å². The molecule has 1 aliphatic rings. The third-order valence-corrected chi connectivity index (χ3v) is 2.71. The summed E-state index contributed by atoms with van der Waals surface area (Å²) >= 11 is 0. The summed E-state index contributed by atoms with van der Waals surface area (Å²) in [5.41, 5.74) is 0. The molecule has 0 aromatic rings. The van der Waals surface area contributed by atoms with Crippen LogP contribution in [0.4, 0.5) is 0 Å². The van der Waals surface area contributed by atoms with Crippen molar-refractivity contribution in [2.45, 2.75) is 58.6 Å². The van der Waals surface area contributed by atoms with Crippen LogP contribution in [0.3, 0.4) is 0 Å². The zero-order valence-electron chi connectivity index (χ0n) is 10.6. The highest BCUT2D eigenvalue weighted by Gasteiger charge is 2.19. The molecule has 1 fully saturated rings. The number of hydrogen-bond donors (Lipinski definition) is 0. The maximum atomic E-state index is 5.82. The van der Waals surface area contributed by atoms with Gasteiger partial charge in [0.2, 0.25) is 5.90 Å². The van der Waals surface area contributed by atoms with Gasteiger partial charge in [-0.3, -0.25) is 0 Å². The molecule has 2 nitrogen and oxygen atoms in total. The first kappa shape index (κ1) is 13.0. The van der Waals surface area contributed by atoms with Gasteiger partial charge in [0.25, 0.3) is 0 Å². The fourth-order valence-corrected chi connectivity index (χ4v) is 1.52.